The van der Waals surface area contributed by atoms with E-state index in [0.717, 1.165) is 43.4 Å². The number of carbonyl (C=O) groups excluding carboxylic acids is 1. The molecule has 0 radical (unpaired) electrons. The molecule has 4 aliphatic carbocycles. The van der Waals surface area contributed by atoms with E-state index in [1.807, 2.05) is 6.92 Å². The second kappa shape index (κ2) is 5.68. The van der Waals surface area contributed by atoms with Crippen LogP contribution in [0.15, 0.2) is 12.7 Å². The molecule has 4 aliphatic rings. The average Bonchev–Trinajstić information content (AvgIpc) is 2.93. The monoisotopic (exact) mass is 344 g/mol. The molecular weight excluding hydrogens is 308 g/mol. The van der Waals surface area contributed by atoms with E-state index in [4.69, 9.17) is 0 Å². The molecule has 0 spiro atoms. The Morgan fingerprint density at radius 3 is 2.40 bits per heavy atom. The Bertz CT molecular complexity index is 583. The Hall–Kier alpha value is -0.630. The molecule has 25 heavy (non-hydrogen) atoms. The lowest BCUT2D eigenvalue weighted by atomic mass is 9.44. The Morgan fingerprint density at radius 2 is 1.72 bits per heavy atom. The summed E-state index contributed by atoms with van der Waals surface area (Å²) in [5, 5.41) is 10.8. The summed E-state index contributed by atoms with van der Waals surface area (Å²) in [4.78, 5) is 12.2. The van der Waals surface area contributed by atoms with E-state index in [1.165, 1.54) is 32.1 Å². The molecule has 0 aromatic heterocycles. The van der Waals surface area contributed by atoms with Crippen LogP contribution in [0.1, 0.15) is 78.6 Å². The van der Waals surface area contributed by atoms with Gasteiger partial charge in [0.25, 0.3) is 0 Å². The second-order valence-corrected chi connectivity index (χ2v) is 10.5. The zero-order valence-electron chi connectivity index (χ0n) is 16.4. The standard InChI is InChI=1S/C23H36O2/c1-5-23(25)13-12-21(3)16(14-23)6-7-17-19-9-8-18(15(2)24)22(19,4)11-10-20(17)21/h5,16-20,25H,1,6-14H2,2-4H3/t16-,17-,18+,19-,20-,21-,22+,23+/m0/s1. The van der Waals surface area contributed by atoms with E-state index in [0.29, 0.717) is 23.0 Å². The lowest BCUT2D eigenvalue weighted by molar-refractivity contribution is -0.145. The molecule has 0 aliphatic heterocycles. The third kappa shape index (κ3) is 2.42. The van der Waals surface area contributed by atoms with Crippen molar-refractivity contribution < 1.29 is 9.90 Å². The molecule has 2 heteroatoms. The van der Waals surface area contributed by atoms with Gasteiger partial charge in [-0.15, -0.1) is 6.58 Å². The summed E-state index contributed by atoms with van der Waals surface area (Å²) >= 11 is 0. The minimum atomic E-state index is -0.632. The first-order valence-electron chi connectivity index (χ1n) is 10.6. The summed E-state index contributed by atoms with van der Waals surface area (Å²) in [5.74, 6) is 3.72. The van der Waals surface area contributed by atoms with Crippen LogP contribution in [0, 0.1) is 40.4 Å². The molecular formula is C23H36O2. The maximum absolute atomic E-state index is 12.2. The van der Waals surface area contributed by atoms with E-state index in [2.05, 4.69) is 20.4 Å². The van der Waals surface area contributed by atoms with Crippen molar-refractivity contribution >= 4 is 5.78 Å². The van der Waals surface area contributed by atoms with Gasteiger partial charge in [-0.25, -0.2) is 0 Å². The van der Waals surface area contributed by atoms with Crippen LogP contribution in [0.4, 0.5) is 0 Å². The fraction of sp³-hybridized carbons (Fsp3) is 0.870. The van der Waals surface area contributed by atoms with Gasteiger partial charge in [-0.1, -0.05) is 19.9 Å². The number of carbonyl (C=O) groups is 1. The van der Waals surface area contributed by atoms with Gasteiger partial charge in [0.15, 0.2) is 0 Å². The third-order valence-electron chi connectivity index (χ3n) is 9.63. The van der Waals surface area contributed by atoms with E-state index < -0.39 is 5.60 Å². The lowest BCUT2D eigenvalue weighted by Crippen LogP contribution is -2.55. The van der Waals surface area contributed by atoms with Crippen molar-refractivity contribution in [2.45, 2.75) is 84.2 Å². The Balaban J connectivity index is 1.60. The van der Waals surface area contributed by atoms with Gasteiger partial charge in [0.2, 0.25) is 0 Å². The number of aliphatic hydroxyl groups is 1. The number of rotatable bonds is 2. The van der Waals surface area contributed by atoms with E-state index in [9.17, 15) is 9.90 Å². The number of hydrogen-bond donors (Lipinski definition) is 1. The summed E-state index contributed by atoms with van der Waals surface area (Å²) in [6, 6.07) is 0. The fourth-order valence-corrected chi connectivity index (χ4v) is 8.13. The smallest absolute Gasteiger partial charge is 0.133 e. The minimum absolute atomic E-state index is 0.257. The summed E-state index contributed by atoms with van der Waals surface area (Å²) in [6.07, 6.45) is 12.2. The molecule has 0 bridgehead atoms. The molecule has 0 aromatic carbocycles. The average molecular weight is 345 g/mol. The fourth-order valence-electron chi connectivity index (χ4n) is 8.13. The molecule has 140 valence electrons. The summed E-state index contributed by atoms with van der Waals surface area (Å²) in [6.45, 7) is 10.7. The second-order valence-electron chi connectivity index (χ2n) is 10.5. The van der Waals surface area contributed by atoms with E-state index >= 15 is 0 Å². The van der Waals surface area contributed by atoms with Crippen molar-refractivity contribution in [3.63, 3.8) is 0 Å². The first-order chi connectivity index (χ1) is 11.7. The van der Waals surface area contributed by atoms with E-state index in [1.54, 1.807) is 6.08 Å². The van der Waals surface area contributed by atoms with Crippen LogP contribution >= 0.6 is 0 Å². The maximum Gasteiger partial charge on any atom is 0.133 e. The first-order valence-corrected chi connectivity index (χ1v) is 10.6. The van der Waals surface area contributed by atoms with Gasteiger partial charge in [-0.2, -0.15) is 0 Å². The van der Waals surface area contributed by atoms with Gasteiger partial charge in [-0.3, -0.25) is 4.79 Å². The largest absolute Gasteiger partial charge is 0.386 e. The molecule has 4 rings (SSSR count). The molecule has 4 saturated carbocycles. The Kier molecular flexibility index (Phi) is 4.04. The topological polar surface area (TPSA) is 37.3 Å². The molecule has 0 amide bonds. The lowest BCUT2D eigenvalue weighted by Gasteiger charge is -2.61. The third-order valence-corrected chi connectivity index (χ3v) is 9.63. The van der Waals surface area contributed by atoms with Gasteiger partial charge in [0, 0.05) is 5.92 Å². The van der Waals surface area contributed by atoms with Crippen molar-refractivity contribution in [3.05, 3.63) is 12.7 Å². The number of hydrogen-bond acceptors (Lipinski definition) is 2. The normalized spacial score (nSPS) is 55.0. The zero-order chi connectivity index (χ0) is 18.0. The first kappa shape index (κ1) is 17.8. The van der Waals surface area contributed by atoms with E-state index in [-0.39, 0.29) is 5.41 Å². The highest BCUT2D eigenvalue weighted by molar-refractivity contribution is 5.79. The highest BCUT2D eigenvalue weighted by Crippen LogP contribution is 2.68. The van der Waals surface area contributed by atoms with Crippen LogP contribution in [0.25, 0.3) is 0 Å². The van der Waals surface area contributed by atoms with Gasteiger partial charge in [0.05, 0.1) is 5.60 Å². The van der Waals surface area contributed by atoms with Crippen molar-refractivity contribution in [2.24, 2.45) is 40.4 Å². The number of Topliss-reactive ketones (excluding diaryl/α,β-unsaturated/α-hetero) is 1. The Morgan fingerprint density at radius 1 is 1.00 bits per heavy atom. The van der Waals surface area contributed by atoms with Crippen molar-refractivity contribution in [2.75, 3.05) is 0 Å². The highest BCUT2D eigenvalue weighted by atomic mass is 16.3. The van der Waals surface area contributed by atoms with Crippen LogP contribution in [0.3, 0.4) is 0 Å². The molecule has 8 atom stereocenters. The summed E-state index contributed by atoms with van der Waals surface area (Å²) in [5.41, 5.74) is 0.00773. The molecule has 2 nitrogen and oxygen atoms in total. The van der Waals surface area contributed by atoms with Crippen LogP contribution in [0.5, 0.6) is 0 Å². The molecule has 0 saturated heterocycles. The zero-order valence-corrected chi connectivity index (χ0v) is 16.4. The predicted octanol–water partition coefficient (Wildman–Crippen LogP) is 5.15. The molecule has 1 N–H and O–H groups in total. The molecule has 0 heterocycles. The predicted molar refractivity (Wildman–Crippen MR) is 101 cm³/mol. The van der Waals surface area contributed by atoms with Gasteiger partial charge < -0.3 is 5.11 Å². The van der Waals surface area contributed by atoms with Crippen molar-refractivity contribution in [1.82, 2.24) is 0 Å². The molecule has 0 aromatic rings. The van der Waals surface area contributed by atoms with Crippen LogP contribution < -0.4 is 0 Å². The van der Waals surface area contributed by atoms with Gasteiger partial charge in [-0.05, 0) is 99.2 Å². The van der Waals surface area contributed by atoms with Crippen LogP contribution in [0.2, 0.25) is 0 Å². The number of fused-ring (bicyclic) bond motifs is 5. The van der Waals surface area contributed by atoms with Crippen molar-refractivity contribution in [3.8, 4) is 0 Å². The Labute approximate surface area is 153 Å². The SMILES string of the molecule is C=C[C@@]1(O)CC[C@@]2(C)[C@@H](CC[C@@H]3[C@@H]2CC[C@]2(C)[C@@H](C(C)=O)CC[C@@H]32)C1. The quantitative estimate of drug-likeness (QED) is 0.703. The summed E-state index contributed by atoms with van der Waals surface area (Å²) in [7, 11) is 0. The van der Waals surface area contributed by atoms with Crippen molar-refractivity contribution in [1.29, 1.82) is 0 Å². The van der Waals surface area contributed by atoms with Gasteiger partial charge >= 0.3 is 0 Å². The molecule has 0 unspecified atom stereocenters. The number of ketones is 1. The van der Waals surface area contributed by atoms with Crippen LogP contribution in [-0.4, -0.2) is 16.5 Å². The van der Waals surface area contributed by atoms with Crippen LogP contribution in [-0.2, 0) is 4.79 Å². The molecule has 4 fully saturated rings. The van der Waals surface area contributed by atoms with Gasteiger partial charge in [0.1, 0.15) is 5.78 Å². The minimum Gasteiger partial charge on any atom is -0.386 e. The summed E-state index contributed by atoms with van der Waals surface area (Å²) < 4.78 is 0. The highest BCUT2D eigenvalue weighted by Gasteiger charge is 2.61. The maximum atomic E-state index is 12.2.